The van der Waals surface area contributed by atoms with Gasteiger partial charge in [0.2, 0.25) is 0 Å². The molecule has 1 rings (SSSR count). The Morgan fingerprint density at radius 3 is 2.42 bits per heavy atom. The lowest BCUT2D eigenvalue weighted by Crippen LogP contribution is -2.16. The topological polar surface area (TPSA) is 0 Å². The van der Waals surface area contributed by atoms with Crippen molar-refractivity contribution in [1.82, 2.24) is 0 Å². The summed E-state index contributed by atoms with van der Waals surface area (Å²) in [6, 6.07) is 8.32. The maximum Gasteiger partial charge on any atom is 0.0575 e. The summed E-state index contributed by atoms with van der Waals surface area (Å²) in [4.78, 5) is 0. The van der Waals surface area contributed by atoms with Crippen LogP contribution in [0.25, 0.3) is 0 Å². The van der Waals surface area contributed by atoms with Gasteiger partial charge < -0.3 is 0 Å². The summed E-state index contributed by atoms with van der Waals surface area (Å²) in [5.41, 5.74) is 0.908. The third kappa shape index (κ3) is 3.00. The normalized spacial score (nSPS) is 13.9. The van der Waals surface area contributed by atoms with Gasteiger partial charge in [0.15, 0.2) is 0 Å². The third-order valence-corrected chi connectivity index (χ3v) is 4.66. The van der Waals surface area contributed by atoms with Crippen molar-refractivity contribution < 1.29 is 0 Å². The average Bonchev–Trinajstić information content (AvgIpc) is 2.09. The summed E-state index contributed by atoms with van der Waals surface area (Å²) in [6.07, 6.45) is 1.30. The molecule has 0 aromatic heterocycles. The molecule has 0 aliphatic rings. The molecule has 0 fully saturated rings. The number of rotatable bonds is 3. The van der Waals surface area contributed by atoms with Gasteiger partial charge >= 0.3 is 0 Å². The van der Waals surface area contributed by atoms with Gasteiger partial charge in [-0.2, -0.15) is 0 Å². The maximum absolute atomic E-state index is 5.80. The fourth-order valence-electron chi connectivity index (χ4n) is 1.17. The van der Waals surface area contributed by atoms with E-state index in [2.05, 4.69) is 26.0 Å². The molecule has 0 spiro atoms. The molecule has 1 aromatic rings. The minimum Gasteiger partial charge on any atom is -0.0843 e. The Morgan fingerprint density at radius 1 is 1.33 bits per heavy atom. The molecule has 0 saturated carbocycles. The second kappa shape index (κ2) is 4.68. The molecule has 1 aromatic carbocycles. The Labute approximate surface area is 81.8 Å². The van der Waals surface area contributed by atoms with Crippen LogP contribution in [-0.2, 0) is 0 Å². The molecular formula is C10H15ClSi. The van der Waals surface area contributed by atoms with E-state index in [0.717, 1.165) is 10.6 Å². The van der Waals surface area contributed by atoms with Gasteiger partial charge in [-0.1, -0.05) is 49.2 Å². The quantitative estimate of drug-likeness (QED) is 0.655. The lowest BCUT2D eigenvalue weighted by molar-refractivity contribution is 0.874. The molecule has 0 unspecified atom stereocenters. The first-order valence-electron chi connectivity index (χ1n) is 4.46. The van der Waals surface area contributed by atoms with Crippen LogP contribution >= 0.6 is 11.6 Å². The van der Waals surface area contributed by atoms with E-state index in [0.29, 0.717) is 0 Å². The Morgan fingerprint density at radius 2 is 1.92 bits per heavy atom. The Balaban J connectivity index is 2.58. The molecule has 0 nitrogen and oxygen atoms in total. The fourth-order valence-corrected chi connectivity index (χ4v) is 2.89. The van der Waals surface area contributed by atoms with Crippen LogP contribution in [0.3, 0.4) is 0 Å². The van der Waals surface area contributed by atoms with Crippen molar-refractivity contribution in [2.45, 2.75) is 25.8 Å². The second-order valence-corrected chi connectivity index (χ2v) is 6.40. The highest BCUT2D eigenvalue weighted by Crippen LogP contribution is 2.07. The molecule has 0 aliphatic heterocycles. The van der Waals surface area contributed by atoms with Crippen molar-refractivity contribution in [2.24, 2.45) is 0 Å². The van der Waals surface area contributed by atoms with Crippen LogP contribution in [0.5, 0.6) is 0 Å². The molecule has 0 amide bonds. The van der Waals surface area contributed by atoms with Gasteiger partial charge in [0.1, 0.15) is 0 Å². The summed E-state index contributed by atoms with van der Waals surface area (Å²) in [5, 5.41) is 2.37. The number of halogens is 1. The average molecular weight is 199 g/mol. The van der Waals surface area contributed by atoms with Gasteiger partial charge in [0, 0.05) is 5.02 Å². The molecule has 0 N–H and O–H groups in total. The molecule has 0 aliphatic carbocycles. The lowest BCUT2D eigenvalue weighted by Gasteiger charge is -2.06. The monoisotopic (exact) mass is 198 g/mol. The highest BCUT2D eigenvalue weighted by atomic mass is 35.5. The predicted molar refractivity (Wildman–Crippen MR) is 59.3 cm³/mol. The van der Waals surface area contributed by atoms with Crippen LogP contribution in [0.4, 0.5) is 0 Å². The van der Waals surface area contributed by atoms with Crippen LogP contribution in [0.2, 0.25) is 10.6 Å². The van der Waals surface area contributed by atoms with Crippen molar-refractivity contribution in [2.75, 3.05) is 0 Å². The van der Waals surface area contributed by atoms with E-state index in [-0.39, 0.29) is 9.52 Å². The zero-order chi connectivity index (χ0) is 8.97. The fraction of sp³-hybridized carbons (Fsp3) is 0.400. The van der Waals surface area contributed by atoms with Gasteiger partial charge in [-0.15, -0.1) is 0 Å². The zero-order valence-electron chi connectivity index (χ0n) is 7.68. The molecule has 0 radical (unpaired) electrons. The van der Waals surface area contributed by atoms with E-state index < -0.39 is 0 Å². The summed E-state index contributed by atoms with van der Waals surface area (Å²) in [7, 11) is -0.0617. The van der Waals surface area contributed by atoms with E-state index in [9.17, 15) is 0 Å². The number of hydrogen-bond donors (Lipinski definition) is 0. The SMILES string of the molecule is CC[C@H](C)[SiH2]c1ccc(Cl)cc1. The summed E-state index contributed by atoms with van der Waals surface area (Å²) < 4.78 is 0. The van der Waals surface area contributed by atoms with Gasteiger partial charge in [-0.25, -0.2) is 0 Å². The van der Waals surface area contributed by atoms with Crippen molar-refractivity contribution in [3.63, 3.8) is 0 Å². The van der Waals surface area contributed by atoms with Gasteiger partial charge in [-0.05, 0) is 17.7 Å². The van der Waals surface area contributed by atoms with Crippen LogP contribution in [-0.4, -0.2) is 9.52 Å². The number of hydrogen-bond acceptors (Lipinski definition) is 0. The highest BCUT2D eigenvalue weighted by Gasteiger charge is 2.00. The second-order valence-electron chi connectivity index (χ2n) is 3.34. The lowest BCUT2D eigenvalue weighted by atomic mass is 10.4. The largest absolute Gasteiger partial charge is 0.0843 e. The van der Waals surface area contributed by atoms with E-state index in [1.54, 1.807) is 0 Å². The van der Waals surface area contributed by atoms with Crippen molar-refractivity contribution in [3.05, 3.63) is 29.3 Å². The highest BCUT2D eigenvalue weighted by molar-refractivity contribution is 6.54. The van der Waals surface area contributed by atoms with Crippen molar-refractivity contribution in [1.29, 1.82) is 0 Å². The number of benzene rings is 1. The van der Waals surface area contributed by atoms with E-state index in [1.807, 2.05) is 12.1 Å². The molecule has 12 heavy (non-hydrogen) atoms. The van der Waals surface area contributed by atoms with Gasteiger partial charge in [0.05, 0.1) is 9.52 Å². The van der Waals surface area contributed by atoms with E-state index >= 15 is 0 Å². The Bertz CT molecular complexity index is 230. The standard InChI is InChI=1S/C10H15ClSi/c1-3-8(2)12-10-6-4-9(11)5-7-10/h4-8H,3,12H2,1-2H3/t8-/m0/s1. The van der Waals surface area contributed by atoms with Gasteiger partial charge in [-0.3, -0.25) is 0 Å². The molecule has 0 heterocycles. The van der Waals surface area contributed by atoms with Crippen LogP contribution in [0, 0.1) is 0 Å². The van der Waals surface area contributed by atoms with Crippen LogP contribution in [0.15, 0.2) is 24.3 Å². The van der Waals surface area contributed by atoms with E-state index in [4.69, 9.17) is 11.6 Å². The molecule has 0 bridgehead atoms. The van der Waals surface area contributed by atoms with Crippen molar-refractivity contribution >= 4 is 26.3 Å². The van der Waals surface area contributed by atoms with Crippen LogP contribution < -0.4 is 5.19 Å². The molecule has 1 atom stereocenters. The summed E-state index contributed by atoms with van der Waals surface area (Å²) in [5.74, 6) is 0. The molecule has 0 saturated heterocycles. The first-order chi connectivity index (χ1) is 5.72. The molecule has 2 heteroatoms. The predicted octanol–water partition coefficient (Wildman–Crippen LogP) is 2.35. The minimum atomic E-state index is -0.0617. The maximum atomic E-state index is 5.80. The summed E-state index contributed by atoms with van der Waals surface area (Å²) >= 11 is 5.80. The van der Waals surface area contributed by atoms with Crippen LogP contribution in [0.1, 0.15) is 20.3 Å². The third-order valence-electron chi connectivity index (χ3n) is 2.19. The summed E-state index contributed by atoms with van der Waals surface area (Å²) in [6.45, 7) is 4.59. The molecule has 66 valence electrons. The molecular weight excluding hydrogens is 184 g/mol. The first kappa shape index (κ1) is 9.81. The smallest absolute Gasteiger partial charge is 0.0575 e. The van der Waals surface area contributed by atoms with Gasteiger partial charge in [0.25, 0.3) is 0 Å². The first-order valence-corrected chi connectivity index (χ1v) is 6.37. The zero-order valence-corrected chi connectivity index (χ0v) is 9.85. The van der Waals surface area contributed by atoms with Crippen molar-refractivity contribution in [3.8, 4) is 0 Å². The Kier molecular flexibility index (Phi) is 3.83. The Hall–Kier alpha value is -0.273. The van der Waals surface area contributed by atoms with E-state index in [1.165, 1.54) is 11.6 Å². The minimum absolute atomic E-state index is 0.0617.